The van der Waals surface area contributed by atoms with Crippen LogP contribution < -0.4 is 14.8 Å². The van der Waals surface area contributed by atoms with E-state index in [1.165, 1.54) is 11.8 Å². The number of hydrogen-bond donors (Lipinski definition) is 1. The van der Waals surface area contributed by atoms with Crippen molar-refractivity contribution in [3.8, 4) is 22.2 Å². The number of thioether (sulfide) groups is 1. The van der Waals surface area contributed by atoms with Gasteiger partial charge in [0.1, 0.15) is 0 Å². The zero-order chi connectivity index (χ0) is 21.0. The van der Waals surface area contributed by atoms with E-state index in [4.69, 9.17) is 14.2 Å². The molecule has 0 spiro atoms. The molecule has 0 aliphatic carbocycles. The molecule has 8 nitrogen and oxygen atoms in total. The zero-order valence-electron chi connectivity index (χ0n) is 16.8. The summed E-state index contributed by atoms with van der Waals surface area (Å²) in [5, 5.41) is 14.5. The molecule has 5 rings (SSSR count). The van der Waals surface area contributed by atoms with Gasteiger partial charge in [0.15, 0.2) is 22.5 Å². The molecule has 1 saturated heterocycles. The lowest BCUT2D eigenvalue weighted by Gasteiger charge is -2.14. The first-order valence-corrected chi connectivity index (χ1v) is 12.0. The van der Waals surface area contributed by atoms with Crippen molar-refractivity contribution < 1.29 is 19.0 Å². The predicted molar refractivity (Wildman–Crippen MR) is 117 cm³/mol. The van der Waals surface area contributed by atoms with Crippen LogP contribution in [0.2, 0.25) is 0 Å². The number of ether oxygens (including phenoxy) is 3. The summed E-state index contributed by atoms with van der Waals surface area (Å²) in [6, 6.07) is 9.71. The fourth-order valence-electron chi connectivity index (χ4n) is 3.57. The molecule has 0 saturated carbocycles. The van der Waals surface area contributed by atoms with E-state index in [0.717, 1.165) is 46.6 Å². The van der Waals surface area contributed by atoms with Crippen LogP contribution in [0, 0.1) is 0 Å². The number of rotatable bonds is 8. The second kappa shape index (κ2) is 9.29. The van der Waals surface area contributed by atoms with Gasteiger partial charge in [-0.3, -0.25) is 9.36 Å². The van der Waals surface area contributed by atoms with E-state index < -0.39 is 0 Å². The lowest BCUT2D eigenvalue weighted by molar-refractivity contribution is -0.118. The van der Waals surface area contributed by atoms with Gasteiger partial charge in [-0.2, -0.15) is 0 Å². The summed E-state index contributed by atoms with van der Waals surface area (Å²) in [7, 11) is 0. The van der Waals surface area contributed by atoms with Gasteiger partial charge in [-0.15, -0.1) is 21.5 Å². The number of benzene rings is 1. The van der Waals surface area contributed by atoms with Crippen LogP contribution in [-0.4, -0.2) is 45.9 Å². The van der Waals surface area contributed by atoms with Gasteiger partial charge >= 0.3 is 0 Å². The standard InChI is InChI=1S/C21H22N4O4S2/c26-19(22-10-14-5-6-16-17(9-14)29-13-28-16)12-31-21-24-23-20(18-4-2-8-30-18)25(21)11-15-3-1-7-27-15/h2,4-6,8-9,15H,1,3,7,10-13H2,(H,22,26). The fraction of sp³-hybridized carbons (Fsp3) is 0.381. The second-order valence-corrected chi connectivity index (χ2v) is 9.17. The minimum absolute atomic E-state index is 0.0630. The number of hydrogen-bond acceptors (Lipinski definition) is 8. The monoisotopic (exact) mass is 458 g/mol. The Morgan fingerprint density at radius 2 is 2.19 bits per heavy atom. The topological polar surface area (TPSA) is 87.5 Å². The molecular formula is C21H22N4O4S2. The summed E-state index contributed by atoms with van der Waals surface area (Å²) in [4.78, 5) is 13.5. The predicted octanol–water partition coefficient (Wildman–Crippen LogP) is 3.32. The molecule has 1 amide bonds. The zero-order valence-corrected chi connectivity index (χ0v) is 18.4. The van der Waals surface area contributed by atoms with Crippen molar-refractivity contribution in [1.29, 1.82) is 0 Å². The molecule has 3 aromatic rings. The van der Waals surface area contributed by atoms with Gasteiger partial charge in [-0.1, -0.05) is 23.9 Å². The molecule has 4 heterocycles. The lowest BCUT2D eigenvalue weighted by Crippen LogP contribution is -2.25. The maximum Gasteiger partial charge on any atom is 0.231 e. The number of amides is 1. The van der Waals surface area contributed by atoms with Gasteiger partial charge in [-0.25, -0.2) is 0 Å². The van der Waals surface area contributed by atoms with Crippen molar-refractivity contribution in [2.45, 2.75) is 37.2 Å². The van der Waals surface area contributed by atoms with Crippen LogP contribution in [0.1, 0.15) is 18.4 Å². The summed E-state index contributed by atoms with van der Waals surface area (Å²) in [5.74, 6) is 2.47. The minimum Gasteiger partial charge on any atom is -0.454 e. The Hall–Kier alpha value is -2.56. The molecule has 2 aliphatic heterocycles. The first kappa shape index (κ1) is 20.3. The average Bonchev–Trinajstić information content (AvgIpc) is 3.58. The normalized spacial score (nSPS) is 17.2. The number of carbonyl (C=O) groups is 1. The number of carbonyl (C=O) groups excluding carboxylic acids is 1. The SMILES string of the molecule is O=C(CSc1nnc(-c2cccs2)n1CC1CCCO1)NCc1ccc2c(c1)OCO2. The molecule has 31 heavy (non-hydrogen) atoms. The molecule has 10 heteroatoms. The van der Waals surface area contributed by atoms with Crippen molar-refractivity contribution in [3.63, 3.8) is 0 Å². The molecule has 0 radical (unpaired) electrons. The number of nitrogens with zero attached hydrogens (tertiary/aromatic N) is 3. The number of aromatic nitrogens is 3. The maximum atomic E-state index is 12.4. The van der Waals surface area contributed by atoms with Crippen LogP contribution in [0.15, 0.2) is 40.9 Å². The van der Waals surface area contributed by atoms with Crippen LogP contribution in [-0.2, 0) is 22.6 Å². The number of nitrogens with one attached hydrogen (secondary N) is 1. The molecule has 1 fully saturated rings. The third kappa shape index (κ3) is 4.70. The van der Waals surface area contributed by atoms with Crippen molar-refractivity contribution in [3.05, 3.63) is 41.3 Å². The highest BCUT2D eigenvalue weighted by molar-refractivity contribution is 7.99. The Kier molecular flexibility index (Phi) is 6.10. The molecule has 1 N–H and O–H groups in total. The van der Waals surface area contributed by atoms with Crippen molar-refractivity contribution in [1.82, 2.24) is 20.1 Å². The summed E-state index contributed by atoms with van der Waals surface area (Å²) >= 11 is 3.02. The van der Waals surface area contributed by atoms with E-state index in [1.807, 2.05) is 35.7 Å². The molecule has 0 bridgehead atoms. The lowest BCUT2D eigenvalue weighted by atomic mass is 10.2. The Bertz CT molecular complexity index is 1050. The van der Waals surface area contributed by atoms with E-state index in [1.54, 1.807) is 11.3 Å². The third-order valence-corrected chi connectivity index (χ3v) is 6.96. The van der Waals surface area contributed by atoms with Crippen LogP contribution in [0.25, 0.3) is 10.7 Å². The Labute approximate surface area is 187 Å². The highest BCUT2D eigenvalue weighted by atomic mass is 32.2. The van der Waals surface area contributed by atoms with E-state index in [9.17, 15) is 4.79 Å². The quantitative estimate of drug-likeness (QED) is 0.518. The van der Waals surface area contributed by atoms with E-state index in [-0.39, 0.29) is 24.6 Å². The third-order valence-electron chi connectivity index (χ3n) is 5.13. The van der Waals surface area contributed by atoms with Gasteiger partial charge in [0.05, 0.1) is 23.3 Å². The van der Waals surface area contributed by atoms with Gasteiger partial charge in [0, 0.05) is 13.2 Å². The molecule has 1 unspecified atom stereocenters. The van der Waals surface area contributed by atoms with Gasteiger partial charge in [-0.05, 0) is 42.0 Å². The van der Waals surface area contributed by atoms with Crippen LogP contribution in [0.3, 0.4) is 0 Å². The smallest absolute Gasteiger partial charge is 0.231 e. The molecule has 1 atom stereocenters. The van der Waals surface area contributed by atoms with E-state index >= 15 is 0 Å². The number of thiophene rings is 1. The Balaban J connectivity index is 1.21. The first-order chi connectivity index (χ1) is 15.3. The maximum absolute atomic E-state index is 12.4. The molecule has 162 valence electrons. The largest absolute Gasteiger partial charge is 0.454 e. The van der Waals surface area contributed by atoms with Crippen molar-refractivity contribution in [2.75, 3.05) is 19.2 Å². The van der Waals surface area contributed by atoms with E-state index in [2.05, 4.69) is 20.1 Å². The summed E-state index contributed by atoms with van der Waals surface area (Å²) in [6.07, 6.45) is 2.27. The Morgan fingerprint density at radius 3 is 3.03 bits per heavy atom. The first-order valence-electron chi connectivity index (χ1n) is 10.1. The molecule has 2 aromatic heterocycles. The molecular weight excluding hydrogens is 436 g/mol. The van der Waals surface area contributed by atoms with Crippen molar-refractivity contribution >= 4 is 29.0 Å². The summed E-state index contributed by atoms with van der Waals surface area (Å²) < 4.78 is 18.6. The van der Waals surface area contributed by atoms with Crippen LogP contribution in [0.4, 0.5) is 0 Å². The Morgan fingerprint density at radius 1 is 1.26 bits per heavy atom. The summed E-state index contributed by atoms with van der Waals surface area (Å²) in [6.45, 7) is 2.16. The number of fused-ring (bicyclic) bond motifs is 1. The highest BCUT2D eigenvalue weighted by Crippen LogP contribution is 2.32. The molecule has 2 aliphatic rings. The van der Waals surface area contributed by atoms with Crippen LogP contribution in [0.5, 0.6) is 11.5 Å². The average molecular weight is 459 g/mol. The van der Waals surface area contributed by atoms with Crippen LogP contribution >= 0.6 is 23.1 Å². The van der Waals surface area contributed by atoms with Gasteiger partial charge < -0.3 is 19.5 Å². The minimum atomic E-state index is -0.0630. The van der Waals surface area contributed by atoms with Gasteiger partial charge in [0.25, 0.3) is 0 Å². The van der Waals surface area contributed by atoms with Crippen molar-refractivity contribution in [2.24, 2.45) is 0 Å². The summed E-state index contributed by atoms with van der Waals surface area (Å²) in [5.41, 5.74) is 0.962. The molecule has 1 aromatic carbocycles. The van der Waals surface area contributed by atoms with E-state index in [0.29, 0.717) is 18.8 Å². The fourth-order valence-corrected chi connectivity index (χ4v) is 5.07. The highest BCUT2D eigenvalue weighted by Gasteiger charge is 2.22. The van der Waals surface area contributed by atoms with Gasteiger partial charge in [0.2, 0.25) is 12.7 Å². The second-order valence-electron chi connectivity index (χ2n) is 7.28.